The van der Waals surface area contributed by atoms with Crippen LogP contribution in [-0.4, -0.2) is 4.98 Å². The van der Waals surface area contributed by atoms with Crippen LogP contribution in [0.3, 0.4) is 0 Å². The molecule has 0 radical (unpaired) electrons. The van der Waals surface area contributed by atoms with Gasteiger partial charge < -0.3 is 0 Å². The van der Waals surface area contributed by atoms with Crippen molar-refractivity contribution in [1.82, 2.24) is 4.98 Å². The molecule has 1 aromatic heterocycles. The van der Waals surface area contributed by atoms with E-state index in [9.17, 15) is 13.2 Å². The van der Waals surface area contributed by atoms with Crippen molar-refractivity contribution in [2.45, 2.75) is 18.0 Å². The smallest absolute Gasteiger partial charge is 0.262 e. The fourth-order valence-corrected chi connectivity index (χ4v) is 1.93. The summed E-state index contributed by atoms with van der Waals surface area (Å²) in [6, 6.07) is 7.51. The Kier molecular flexibility index (Phi) is 3.34. The maximum Gasteiger partial charge on any atom is 0.417 e. The van der Waals surface area contributed by atoms with Gasteiger partial charge in [-0.25, -0.2) is 0 Å². The lowest BCUT2D eigenvalue weighted by atomic mass is 10.0. The third-order valence-electron chi connectivity index (χ3n) is 2.53. The SMILES string of the molecule is Cc1cc(-c2ccc(S)c(C(F)(F)F)c2)ccn1. The monoisotopic (exact) mass is 269 g/mol. The maximum absolute atomic E-state index is 12.8. The molecule has 1 nitrogen and oxygen atoms in total. The van der Waals surface area contributed by atoms with Gasteiger partial charge in [-0.3, -0.25) is 4.98 Å². The number of hydrogen-bond donors (Lipinski definition) is 1. The Bertz CT molecular complexity index is 579. The summed E-state index contributed by atoms with van der Waals surface area (Å²) in [5.74, 6) is 0. The van der Waals surface area contributed by atoms with E-state index < -0.39 is 11.7 Å². The molecule has 1 heterocycles. The quantitative estimate of drug-likeness (QED) is 0.759. The molecule has 2 rings (SSSR count). The minimum absolute atomic E-state index is 0.0722. The molecule has 0 saturated heterocycles. The minimum atomic E-state index is -4.39. The zero-order valence-electron chi connectivity index (χ0n) is 9.49. The van der Waals surface area contributed by atoms with E-state index in [0.717, 1.165) is 11.8 Å². The van der Waals surface area contributed by atoms with Crippen LogP contribution in [0.4, 0.5) is 13.2 Å². The lowest BCUT2D eigenvalue weighted by Gasteiger charge is -2.11. The summed E-state index contributed by atoms with van der Waals surface area (Å²) in [6.45, 7) is 1.79. The number of halogens is 3. The van der Waals surface area contributed by atoms with Crippen LogP contribution < -0.4 is 0 Å². The van der Waals surface area contributed by atoms with Gasteiger partial charge in [0.15, 0.2) is 0 Å². The van der Waals surface area contributed by atoms with E-state index in [4.69, 9.17) is 0 Å². The first-order chi connectivity index (χ1) is 8.38. The standard InChI is InChI=1S/C13H10F3NS/c1-8-6-10(4-5-17-8)9-2-3-12(18)11(7-9)13(14,15)16/h2-7,18H,1H3. The number of thiol groups is 1. The number of hydrogen-bond acceptors (Lipinski definition) is 2. The van der Waals surface area contributed by atoms with Gasteiger partial charge in [-0.05, 0) is 42.3 Å². The lowest BCUT2D eigenvalue weighted by molar-refractivity contribution is -0.139. The van der Waals surface area contributed by atoms with Crippen LogP contribution in [0, 0.1) is 6.92 Å². The summed E-state index contributed by atoms with van der Waals surface area (Å²) in [4.78, 5) is 3.94. The first kappa shape index (κ1) is 13.0. The molecule has 0 atom stereocenters. The molecule has 5 heteroatoms. The van der Waals surface area contributed by atoms with Gasteiger partial charge in [-0.15, -0.1) is 12.6 Å². The van der Waals surface area contributed by atoms with Crippen molar-refractivity contribution >= 4 is 12.6 Å². The average Bonchev–Trinajstić information content (AvgIpc) is 2.28. The summed E-state index contributed by atoms with van der Waals surface area (Å²) in [5, 5.41) is 0. The van der Waals surface area contributed by atoms with Crippen molar-refractivity contribution in [3.05, 3.63) is 47.8 Å². The lowest BCUT2D eigenvalue weighted by Crippen LogP contribution is -2.06. The van der Waals surface area contributed by atoms with E-state index in [1.54, 1.807) is 31.3 Å². The summed E-state index contributed by atoms with van der Waals surface area (Å²) in [6.07, 6.45) is -2.82. The van der Waals surface area contributed by atoms with Gasteiger partial charge in [-0.1, -0.05) is 6.07 Å². The fourth-order valence-electron chi connectivity index (χ4n) is 1.67. The number of rotatable bonds is 1. The van der Waals surface area contributed by atoms with Gasteiger partial charge in [0.25, 0.3) is 0 Å². The van der Waals surface area contributed by atoms with E-state index in [2.05, 4.69) is 17.6 Å². The molecule has 94 valence electrons. The van der Waals surface area contributed by atoms with Crippen molar-refractivity contribution in [2.24, 2.45) is 0 Å². The van der Waals surface area contributed by atoms with Crippen LogP contribution in [0.5, 0.6) is 0 Å². The molecule has 0 N–H and O–H groups in total. The molecule has 2 aromatic rings. The van der Waals surface area contributed by atoms with Crippen molar-refractivity contribution in [3.8, 4) is 11.1 Å². The minimum Gasteiger partial charge on any atom is -0.262 e. The Balaban J connectivity index is 2.54. The molecular formula is C13H10F3NS. The molecule has 0 fully saturated rings. The summed E-state index contributed by atoms with van der Waals surface area (Å²) >= 11 is 3.84. The Morgan fingerprint density at radius 1 is 1.06 bits per heavy atom. The molecule has 0 bridgehead atoms. The zero-order valence-corrected chi connectivity index (χ0v) is 10.4. The summed E-state index contributed by atoms with van der Waals surface area (Å²) in [7, 11) is 0. The molecule has 0 unspecified atom stereocenters. The second-order valence-electron chi connectivity index (χ2n) is 3.92. The van der Waals surface area contributed by atoms with E-state index in [1.165, 1.54) is 6.07 Å². The van der Waals surface area contributed by atoms with Crippen molar-refractivity contribution < 1.29 is 13.2 Å². The van der Waals surface area contributed by atoms with E-state index in [-0.39, 0.29) is 4.90 Å². The van der Waals surface area contributed by atoms with Crippen LogP contribution in [0.15, 0.2) is 41.4 Å². The van der Waals surface area contributed by atoms with Gasteiger partial charge in [0, 0.05) is 16.8 Å². The summed E-state index contributed by atoms with van der Waals surface area (Å²) in [5.41, 5.74) is 1.25. The molecule has 0 aliphatic rings. The van der Waals surface area contributed by atoms with Crippen LogP contribution >= 0.6 is 12.6 Å². The van der Waals surface area contributed by atoms with Gasteiger partial charge in [-0.2, -0.15) is 13.2 Å². The fraction of sp³-hybridized carbons (Fsp3) is 0.154. The van der Waals surface area contributed by atoms with Crippen LogP contribution in [0.1, 0.15) is 11.3 Å². The normalized spacial score (nSPS) is 11.6. The van der Waals surface area contributed by atoms with Crippen LogP contribution in [-0.2, 0) is 6.18 Å². The first-order valence-corrected chi connectivity index (χ1v) is 5.66. The Hall–Kier alpha value is -1.49. The van der Waals surface area contributed by atoms with Crippen LogP contribution in [0.2, 0.25) is 0 Å². The molecule has 18 heavy (non-hydrogen) atoms. The second kappa shape index (κ2) is 4.65. The van der Waals surface area contributed by atoms with Crippen molar-refractivity contribution in [1.29, 1.82) is 0 Å². The Morgan fingerprint density at radius 3 is 2.33 bits per heavy atom. The average molecular weight is 269 g/mol. The molecule has 0 saturated carbocycles. The molecule has 0 aliphatic heterocycles. The molecule has 0 aliphatic carbocycles. The van der Waals surface area contributed by atoms with Gasteiger partial charge in [0.05, 0.1) is 5.56 Å². The number of nitrogens with zero attached hydrogens (tertiary/aromatic N) is 1. The number of benzene rings is 1. The topological polar surface area (TPSA) is 12.9 Å². The second-order valence-corrected chi connectivity index (χ2v) is 4.40. The number of aromatic nitrogens is 1. The number of pyridine rings is 1. The van der Waals surface area contributed by atoms with Gasteiger partial charge >= 0.3 is 6.18 Å². The Morgan fingerprint density at radius 2 is 1.72 bits per heavy atom. The van der Waals surface area contributed by atoms with E-state index >= 15 is 0 Å². The predicted molar refractivity (Wildman–Crippen MR) is 66.7 cm³/mol. The highest BCUT2D eigenvalue weighted by Gasteiger charge is 2.32. The molecule has 0 amide bonds. The highest BCUT2D eigenvalue weighted by molar-refractivity contribution is 7.80. The highest BCUT2D eigenvalue weighted by Crippen LogP contribution is 2.36. The first-order valence-electron chi connectivity index (χ1n) is 5.21. The third-order valence-corrected chi connectivity index (χ3v) is 2.92. The maximum atomic E-state index is 12.8. The van der Waals surface area contributed by atoms with E-state index in [1.807, 2.05) is 0 Å². The van der Waals surface area contributed by atoms with Gasteiger partial charge in [0.1, 0.15) is 0 Å². The molecular weight excluding hydrogens is 259 g/mol. The predicted octanol–water partition coefficient (Wildman–Crippen LogP) is 4.36. The summed E-state index contributed by atoms with van der Waals surface area (Å²) < 4.78 is 38.3. The molecule has 0 spiro atoms. The highest BCUT2D eigenvalue weighted by atomic mass is 32.1. The van der Waals surface area contributed by atoms with Crippen molar-refractivity contribution in [2.75, 3.05) is 0 Å². The third kappa shape index (κ3) is 2.67. The number of aryl methyl sites for hydroxylation is 1. The van der Waals surface area contributed by atoms with E-state index in [0.29, 0.717) is 11.1 Å². The molecule has 1 aromatic carbocycles. The zero-order chi connectivity index (χ0) is 13.3. The largest absolute Gasteiger partial charge is 0.417 e. The van der Waals surface area contributed by atoms with Crippen molar-refractivity contribution in [3.63, 3.8) is 0 Å². The van der Waals surface area contributed by atoms with Crippen LogP contribution in [0.25, 0.3) is 11.1 Å². The van der Waals surface area contributed by atoms with Gasteiger partial charge in [0.2, 0.25) is 0 Å². The number of alkyl halides is 3. The Labute approximate surface area is 108 Å².